The largest absolute Gasteiger partial charge is 0.298 e. The third kappa shape index (κ3) is 1.89. The molecule has 2 aromatic rings. The summed E-state index contributed by atoms with van der Waals surface area (Å²) >= 11 is 0. The van der Waals surface area contributed by atoms with Gasteiger partial charge in [0.1, 0.15) is 6.29 Å². The minimum absolute atomic E-state index is 0.405. The van der Waals surface area contributed by atoms with Crippen molar-refractivity contribution in [2.24, 2.45) is 0 Å². The fraction of sp³-hybridized carbons (Fsp3) is 0.231. The first-order chi connectivity index (χ1) is 7.72. The third-order valence-corrected chi connectivity index (χ3v) is 2.51. The zero-order valence-corrected chi connectivity index (χ0v) is 9.42. The number of hydrogen-bond acceptors (Lipinski definition) is 2. The maximum absolute atomic E-state index is 10.7. The van der Waals surface area contributed by atoms with E-state index in [9.17, 15) is 4.79 Å². The molecule has 1 aromatic heterocycles. The fourth-order valence-electron chi connectivity index (χ4n) is 1.70. The Morgan fingerprint density at radius 1 is 1.31 bits per heavy atom. The summed E-state index contributed by atoms with van der Waals surface area (Å²) in [6.07, 6.45) is 2.63. The van der Waals surface area contributed by atoms with E-state index >= 15 is 0 Å². The molecule has 0 amide bonds. The zero-order valence-electron chi connectivity index (χ0n) is 9.42. The molecule has 3 nitrogen and oxygen atoms in total. The van der Waals surface area contributed by atoms with Crippen LogP contribution in [0.4, 0.5) is 0 Å². The second-order valence-corrected chi connectivity index (χ2v) is 4.04. The second kappa shape index (κ2) is 4.31. The van der Waals surface area contributed by atoms with Crippen LogP contribution in [0.2, 0.25) is 0 Å². The van der Waals surface area contributed by atoms with E-state index in [4.69, 9.17) is 0 Å². The molecule has 2 rings (SSSR count). The molecule has 0 aliphatic heterocycles. The number of aldehydes is 1. The summed E-state index contributed by atoms with van der Waals surface area (Å²) in [6, 6.07) is 9.44. The van der Waals surface area contributed by atoms with E-state index in [0.29, 0.717) is 11.5 Å². The highest BCUT2D eigenvalue weighted by Crippen LogP contribution is 2.18. The fourth-order valence-corrected chi connectivity index (χ4v) is 1.70. The van der Waals surface area contributed by atoms with Crippen LogP contribution in [-0.2, 0) is 0 Å². The van der Waals surface area contributed by atoms with Gasteiger partial charge >= 0.3 is 0 Å². The number of carbonyl (C=O) groups excluding carboxylic acids is 1. The van der Waals surface area contributed by atoms with Gasteiger partial charge in [0.25, 0.3) is 0 Å². The quantitative estimate of drug-likeness (QED) is 0.736. The van der Waals surface area contributed by atoms with Gasteiger partial charge in [-0.15, -0.1) is 0 Å². The van der Waals surface area contributed by atoms with Crippen molar-refractivity contribution < 1.29 is 4.79 Å². The van der Waals surface area contributed by atoms with Crippen molar-refractivity contribution in [2.45, 2.75) is 19.8 Å². The smallest absolute Gasteiger partial charge is 0.150 e. The van der Waals surface area contributed by atoms with Crippen LogP contribution in [0.5, 0.6) is 0 Å². The average Bonchev–Trinajstić information content (AvgIpc) is 2.78. The molecule has 1 heterocycles. The van der Waals surface area contributed by atoms with Crippen LogP contribution in [0.3, 0.4) is 0 Å². The SMILES string of the molecule is CC(C)c1ccnn1-c1cccc(C=O)c1. The van der Waals surface area contributed by atoms with Crippen molar-refractivity contribution in [2.75, 3.05) is 0 Å². The molecular weight excluding hydrogens is 200 g/mol. The van der Waals surface area contributed by atoms with Gasteiger partial charge in [-0.3, -0.25) is 4.79 Å². The minimum atomic E-state index is 0.405. The maximum atomic E-state index is 10.7. The lowest BCUT2D eigenvalue weighted by Crippen LogP contribution is -2.03. The Bertz CT molecular complexity index is 500. The second-order valence-electron chi connectivity index (χ2n) is 4.04. The van der Waals surface area contributed by atoms with Crippen LogP contribution < -0.4 is 0 Å². The van der Waals surface area contributed by atoms with Crippen molar-refractivity contribution >= 4 is 6.29 Å². The molecule has 0 unspecified atom stereocenters. The van der Waals surface area contributed by atoms with Gasteiger partial charge in [-0.1, -0.05) is 26.0 Å². The molecule has 0 spiro atoms. The molecule has 0 saturated carbocycles. The summed E-state index contributed by atoms with van der Waals surface area (Å²) in [7, 11) is 0. The van der Waals surface area contributed by atoms with Crippen molar-refractivity contribution in [3.8, 4) is 5.69 Å². The molecule has 3 heteroatoms. The molecule has 16 heavy (non-hydrogen) atoms. The molecule has 0 fully saturated rings. The van der Waals surface area contributed by atoms with Gasteiger partial charge in [-0.25, -0.2) is 4.68 Å². The van der Waals surface area contributed by atoms with Gasteiger partial charge in [0, 0.05) is 17.5 Å². The topological polar surface area (TPSA) is 34.9 Å². The van der Waals surface area contributed by atoms with Crippen LogP contribution in [-0.4, -0.2) is 16.1 Å². The van der Waals surface area contributed by atoms with Gasteiger partial charge in [0.2, 0.25) is 0 Å². The Labute approximate surface area is 94.7 Å². The van der Waals surface area contributed by atoms with E-state index in [1.165, 1.54) is 0 Å². The zero-order chi connectivity index (χ0) is 11.5. The van der Waals surface area contributed by atoms with Crippen molar-refractivity contribution in [1.82, 2.24) is 9.78 Å². The maximum Gasteiger partial charge on any atom is 0.150 e. The van der Waals surface area contributed by atoms with Crippen molar-refractivity contribution in [3.05, 3.63) is 47.8 Å². The highest BCUT2D eigenvalue weighted by Gasteiger charge is 2.08. The first-order valence-corrected chi connectivity index (χ1v) is 5.32. The minimum Gasteiger partial charge on any atom is -0.298 e. The summed E-state index contributed by atoms with van der Waals surface area (Å²) < 4.78 is 1.87. The van der Waals surface area contributed by atoms with E-state index < -0.39 is 0 Å². The number of hydrogen-bond donors (Lipinski definition) is 0. The van der Waals surface area contributed by atoms with Crippen LogP contribution in [0.25, 0.3) is 5.69 Å². The Kier molecular flexibility index (Phi) is 2.86. The van der Waals surface area contributed by atoms with E-state index in [1.807, 2.05) is 28.9 Å². The van der Waals surface area contributed by atoms with E-state index in [2.05, 4.69) is 18.9 Å². The standard InChI is InChI=1S/C13H14N2O/c1-10(2)13-6-7-14-15(13)12-5-3-4-11(8-12)9-16/h3-10H,1-2H3. The Morgan fingerprint density at radius 2 is 2.12 bits per heavy atom. The first-order valence-electron chi connectivity index (χ1n) is 5.32. The molecule has 0 N–H and O–H groups in total. The number of carbonyl (C=O) groups is 1. The lowest BCUT2D eigenvalue weighted by Gasteiger charge is -2.10. The van der Waals surface area contributed by atoms with Crippen LogP contribution in [0, 0.1) is 0 Å². The van der Waals surface area contributed by atoms with Gasteiger partial charge in [0.05, 0.1) is 5.69 Å². The molecular formula is C13H14N2O. The highest BCUT2D eigenvalue weighted by atomic mass is 16.1. The Balaban J connectivity index is 2.49. The van der Waals surface area contributed by atoms with E-state index in [0.717, 1.165) is 17.7 Å². The highest BCUT2D eigenvalue weighted by molar-refractivity contribution is 5.75. The van der Waals surface area contributed by atoms with Gasteiger partial charge in [0.15, 0.2) is 0 Å². The van der Waals surface area contributed by atoms with Crippen LogP contribution in [0.15, 0.2) is 36.5 Å². The van der Waals surface area contributed by atoms with Crippen LogP contribution >= 0.6 is 0 Å². The van der Waals surface area contributed by atoms with Gasteiger partial charge in [-0.05, 0) is 24.1 Å². The molecule has 0 bridgehead atoms. The van der Waals surface area contributed by atoms with Gasteiger partial charge in [-0.2, -0.15) is 5.10 Å². The molecule has 82 valence electrons. The average molecular weight is 214 g/mol. The number of aromatic nitrogens is 2. The third-order valence-electron chi connectivity index (χ3n) is 2.51. The summed E-state index contributed by atoms with van der Waals surface area (Å²) in [5, 5.41) is 4.28. The molecule has 0 aliphatic rings. The molecule has 1 aromatic carbocycles. The van der Waals surface area contributed by atoms with E-state index in [1.54, 1.807) is 12.3 Å². The predicted octanol–water partition coefficient (Wildman–Crippen LogP) is 2.81. The number of benzene rings is 1. The molecule has 0 aliphatic carbocycles. The lowest BCUT2D eigenvalue weighted by atomic mass is 10.1. The lowest BCUT2D eigenvalue weighted by molar-refractivity contribution is 0.112. The van der Waals surface area contributed by atoms with E-state index in [-0.39, 0.29) is 0 Å². The molecule has 0 saturated heterocycles. The monoisotopic (exact) mass is 214 g/mol. The molecule has 0 radical (unpaired) electrons. The van der Waals surface area contributed by atoms with Crippen molar-refractivity contribution in [3.63, 3.8) is 0 Å². The number of nitrogens with zero attached hydrogens (tertiary/aromatic N) is 2. The number of rotatable bonds is 3. The summed E-state index contributed by atoms with van der Waals surface area (Å²) in [5.41, 5.74) is 2.74. The summed E-state index contributed by atoms with van der Waals surface area (Å²) in [4.78, 5) is 10.7. The van der Waals surface area contributed by atoms with Gasteiger partial charge < -0.3 is 0 Å². The predicted molar refractivity (Wildman–Crippen MR) is 63.0 cm³/mol. The Hall–Kier alpha value is -1.90. The molecule has 0 atom stereocenters. The van der Waals surface area contributed by atoms with Crippen LogP contribution in [0.1, 0.15) is 35.8 Å². The first kappa shape index (κ1) is 10.6. The normalized spacial score (nSPS) is 10.7. The van der Waals surface area contributed by atoms with Crippen molar-refractivity contribution in [1.29, 1.82) is 0 Å². The summed E-state index contributed by atoms with van der Waals surface area (Å²) in [6.45, 7) is 4.24. The summed E-state index contributed by atoms with van der Waals surface area (Å²) in [5.74, 6) is 0.405. The Morgan fingerprint density at radius 3 is 2.81 bits per heavy atom.